The largest absolute Gasteiger partial charge is 0.379 e. The van der Waals surface area contributed by atoms with Crippen LogP contribution in [-0.4, -0.2) is 44.2 Å². The second kappa shape index (κ2) is 5.73. The molecule has 0 spiro atoms. The summed E-state index contributed by atoms with van der Waals surface area (Å²) in [7, 11) is 0. The van der Waals surface area contributed by atoms with Gasteiger partial charge >= 0.3 is 0 Å². The van der Waals surface area contributed by atoms with Gasteiger partial charge in [-0.25, -0.2) is 0 Å². The van der Waals surface area contributed by atoms with Crippen molar-refractivity contribution in [1.29, 1.82) is 0 Å². The zero-order valence-corrected chi connectivity index (χ0v) is 11.7. The number of nitrogens with zero attached hydrogens (tertiary/aromatic N) is 1. The van der Waals surface area contributed by atoms with Gasteiger partial charge in [-0.05, 0) is 30.7 Å². The fourth-order valence-corrected chi connectivity index (χ4v) is 2.61. The van der Waals surface area contributed by atoms with E-state index < -0.39 is 0 Å². The number of hydrogen-bond acceptors (Lipinski definition) is 4. The maximum Gasteiger partial charge on any atom is 0.251 e. The molecule has 0 aromatic heterocycles. The van der Waals surface area contributed by atoms with E-state index in [2.05, 4.69) is 10.2 Å². The molecule has 1 atom stereocenters. The van der Waals surface area contributed by atoms with Crippen molar-refractivity contribution in [3.8, 4) is 0 Å². The summed E-state index contributed by atoms with van der Waals surface area (Å²) < 4.78 is 5.24. The fourth-order valence-electron chi connectivity index (χ4n) is 2.61. The molecular formula is C15H19N3O3. The van der Waals surface area contributed by atoms with E-state index in [1.807, 2.05) is 12.1 Å². The second-order valence-electron chi connectivity index (χ2n) is 5.59. The first-order valence-electron chi connectivity index (χ1n) is 7.16. The van der Waals surface area contributed by atoms with Crippen LogP contribution < -0.4 is 16.0 Å². The lowest BCUT2D eigenvalue weighted by Crippen LogP contribution is -2.52. The number of anilines is 1. The van der Waals surface area contributed by atoms with Gasteiger partial charge in [0.05, 0.1) is 18.6 Å². The third-order valence-electron chi connectivity index (χ3n) is 4.04. The summed E-state index contributed by atoms with van der Waals surface area (Å²) >= 11 is 0. The summed E-state index contributed by atoms with van der Waals surface area (Å²) in [6, 6.07) is 7.52. The number of nitrogens with one attached hydrogen (secondary N) is 1. The van der Waals surface area contributed by atoms with E-state index in [0.29, 0.717) is 31.9 Å². The van der Waals surface area contributed by atoms with Crippen LogP contribution in [0.15, 0.2) is 24.3 Å². The quantitative estimate of drug-likeness (QED) is 0.825. The number of rotatable bonds is 4. The van der Waals surface area contributed by atoms with Crippen LogP contribution in [0.5, 0.6) is 0 Å². The van der Waals surface area contributed by atoms with E-state index in [0.717, 1.165) is 12.1 Å². The van der Waals surface area contributed by atoms with Gasteiger partial charge < -0.3 is 20.7 Å². The van der Waals surface area contributed by atoms with Crippen LogP contribution in [0.25, 0.3) is 0 Å². The first kappa shape index (κ1) is 13.9. The van der Waals surface area contributed by atoms with Crippen LogP contribution in [0, 0.1) is 5.92 Å². The molecule has 0 unspecified atom stereocenters. The molecule has 6 nitrogen and oxygen atoms in total. The van der Waals surface area contributed by atoms with Crippen LogP contribution in [0.4, 0.5) is 5.69 Å². The molecule has 2 aliphatic heterocycles. The molecule has 1 aromatic carbocycles. The predicted octanol–water partition coefficient (Wildman–Crippen LogP) is 0.127. The monoisotopic (exact) mass is 289 g/mol. The van der Waals surface area contributed by atoms with Crippen LogP contribution in [0.2, 0.25) is 0 Å². The molecule has 2 fully saturated rings. The molecule has 0 bridgehead atoms. The molecule has 0 radical (unpaired) electrons. The first-order chi connectivity index (χ1) is 10.1. The van der Waals surface area contributed by atoms with E-state index in [4.69, 9.17) is 10.5 Å². The Bertz CT molecular complexity index is 532. The summed E-state index contributed by atoms with van der Waals surface area (Å²) in [6.07, 6.45) is 0.867. The highest BCUT2D eigenvalue weighted by Crippen LogP contribution is 2.24. The van der Waals surface area contributed by atoms with Crippen LogP contribution in [-0.2, 0) is 9.53 Å². The second-order valence-corrected chi connectivity index (χ2v) is 5.59. The average Bonchev–Trinajstić information content (AvgIpc) is 2.90. The Hall–Kier alpha value is -2.08. The van der Waals surface area contributed by atoms with Crippen molar-refractivity contribution in [3.63, 3.8) is 0 Å². The van der Waals surface area contributed by atoms with Crippen LogP contribution >= 0.6 is 0 Å². The lowest BCUT2D eigenvalue weighted by atomic mass is 9.98. The van der Waals surface area contributed by atoms with Gasteiger partial charge in [0, 0.05) is 30.9 Å². The molecule has 21 heavy (non-hydrogen) atoms. The summed E-state index contributed by atoms with van der Waals surface area (Å²) in [5, 5.41) is 2.96. The van der Waals surface area contributed by atoms with Crippen molar-refractivity contribution < 1.29 is 14.3 Å². The Morgan fingerprint density at radius 2 is 1.95 bits per heavy atom. The van der Waals surface area contributed by atoms with Gasteiger partial charge in [0.2, 0.25) is 5.91 Å². The Labute approximate surface area is 123 Å². The number of primary amides is 1. The Morgan fingerprint density at radius 1 is 1.24 bits per heavy atom. The number of carbonyl (C=O) groups is 2. The van der Waals surface area contributed by atoms with Crippen molar-refractivity contribution in [1.82, 2.24) is 5.32 Å². The average molecular weight is 289 g/mol. The predicted molar refractivity (Wildman–Crippen MR) is 78.0 cm³/mol. The molecule has 3 N–H and O–H groups in total. The Morgan fingerprint density at radius 3 is 2.52 bits per heavy atom. The van der Waals surface area contributed by atoms with E-state index in [1.165, 1.54) is 0 Å². The lowest BCUT2D eigenvalue weighted by molar-refractivity contribution is -0.122. The van der Waals surface area contributed by atoms with Crippen molar-refractivity contribution in [2.24, 2.45) is 11.7 Å². The number of carbonyl (C=O) groups excluding carboxylic acids is 2. The minimum atomic E-state index is -0.249. The third kappa shape index (κ3) is 3.00. The van der Waals surface area contributed by atoms with E-state index in [1.54, 1.807) is 12.1 Å². The summed E-state index contributed by atoms with van der Waals surface area (Å²) in [5.74, 6) is -0.382. The topological polar surface area (TPSA) is 84.7 Å². The molecule has 3 rings (SSSR count). The number of nitrogens with two attached hydrogens (primary N) is 1. The SMILES string of the molecule is NC(=O)C1CN(c2ccc(C(=O)N[C@@H]3CCOC3)cc2)C1. The van der Waals surface area contributed by atoms with Crippen LogP contribution in [0.1, 0.15) is 16.8 Å². The Kier molecular flexibility index (Phi) is 3.79. The first-order valence-corrected chi connectivity index (χ1v) is 7.16. The minimum Gasteiger partial charge on any atom is -0.379 e. The van der Waals surface area contributed by atoms with Gasteiger partial charge in [-0.2, -0.15) is 0 Å². The molecule has 1 aromatic rings. The summed E-state index contributed by atoms with van der Waals surface area (Å²) in [4.78, 5) is 25.1. The van der Waals surface area contributed by atoms with Crippen molar-refractivity contribution >= 4 is 17.5 Å². The van der Waals surface area contributed by atoms with E-state index in [-0.39, 0.29) is 23.8 Å². The van der Waals surface area contributed by atoms with Gasteiger partial charge in [0.15, 0.2) is 0 Å². The maximum absolute atomic E-state index is 12.1. The number of amides is 2. The van der Waals surface area contributed by atoms with Gasteiger partial charge in [-0.1, -0.05) is 0 Å². The van der Waals surface area contributed by atoms with Crippen molar-refractivity contribution in [2.45, 2.75) is 12.5 Å². The van der Waals surface area contributed by atoms with Crippen molar-refractivity contribution in [3.05, 3.63) is 29.8 Å². The standard InChI is InChI=1S/C15H19N3O3/c16-14(19)11-7-18(8-11)13-3-1-10(2-4-13)15(20)17-12-5-6-21-9-12/h1-4,11-12H,5-9H2,(H2,16,19)(H,17,20)/t12-/m1/s1. The van der Waals surface area contributed by atoms with Gasteiger partial charge in [0.1, 0.15) is 0 Å². The molecule has 2 heterocycles. The molecule has 2 saturated heterocycles. The maximum atomic E-state index is 12.1. The summed E-state index contributed by atoms with van der Waals surface area (Å²) in [6.45, 7) is 2.60. The highest BCUT2D eigenvalue weighted by molar-refractivity contribution is 5.94. The molecular weight excluding hydrogens is 270 g/mol. The Balaban J connectivity index is 1.56. The third-order valence-corrected chi connectivity index (χ3v) is 4.04. The molecule has 6 heteroatoms. The number of ether oxygens (including phenoxy) is 1. The van der Waals surface area contributed by atoms with Gasteiger partial charge in [-0.15, -0.1) is 0 Å². The number of hydrogen-bond donors (Lipinski definition) is 2. The van der Waals surface area contributed by atoms with Gasteiger partial charge in [-0.3, -0.25) is 9.59 Å². The smallest absolute Gasteiger partial charge is 0.251 e. The molecule has 0 aliphatic carbocycles. The molecule has 2 aliphatic rings. The van der Waals surface area contributed by atoms with Crippen molar-refractivity contribution in [2.75, 3.05) is 31.2 Å². The zero-order valence-electron chi connectivity index (χ0n) is 11.7. The lowest BCUT2D eigenvalue weighted by Gasteiger charge is -2.39. The highest BCUT2D eigenvalue weighted by Gasteiger charge is 2.31. The normalized spacial score (nSPS) is 21.9. The molecule has 2 amide bonds. The minimum absolute atomic E-state index is 0.0599. The zero-order chi connectivity index (χ0) is 14.8. The fraction of sp³-hybridized carbons (Fsp3) is 0.467. The van der Waals surface area contributed by atoms with Crippen LogP contribution in [0.3, 0.4) is 0 Å². The van der Waals surface area contributed by atoms with E-state index >= 15 is 0 Å². The summed E-state index contributed by atoms with van der Waals surface area (Å²) in [5.41, 5.74) is 6.90. The van der Waals surface area contributed by atoms with Gasteiger partial charge in [0.25, 0.3) is 5.91 Å². The van der Waals surface area contributed by atoms with E-state index in [9.17, 15) is 9.59 Å². The highest BCUT2D eigenvalue weighted by atomic mass is 16.5. The number of benzene rings is 1. The molecule has 112 valence electrons. The molecule has 0 saturated carbocycles.